The third-order valence-electron chi connectivity index (χ3n) is 2.70. The molecule has 0 aliphatic carbocycles. The van der Waals surface area contributed by atoms with E-state index in [0.29, 0.717) is 24.6 Å². The number of fused-ring (bicyclic) bond motifs is 1. The molecule has 0 amide bonds. The average Bonchev–Trinajstić information content (AvgIpc) is 2.75. The minimum absolute atomic E-state index is 0.0539. The molecule has 2 aromatic rings. The number of benzene rings is 1. The van der Waals surface area contributed by atoms with Gasteiger partial charge in [0, 0.05) is 12.0 Å². The van der Waals surface area contributed by atoms with E-state index < -0.39 is 0 Å². The molecule has 0 saturated heterocycles. The molecule has 0 fully saturated rings. The van der Waals surface area contributed by atoms with Crippen LogP contribution in [0.15, 0.2) is 28.7 Å². The molecule has 17 heavy (non-hydrogen) atoms. The van der Waals surface area contributed by atoms with Crippen molar-refractivity contribution in [2.45, 2.75) is 13.0 Å². The minimum atomic E-state index is -0.333. The largest absolute Gasteiger partial charge is 0.456 e. The summed E-state index contributed by atoms with van der Waals surface area (Å²) in [7, 11) is 1.83. The van der Waals surface area contributed by atoms with E-state index in [9.17, 15) is 4.39 Å². The fraction of sp³-hybridized carbons (Fsp3) is 0.385. The predicted octanol–water partition coefficient (Wildman–Crippen LogP) is 2.87. The lowest BCUT2D eigenvalue weighted by atomic mass is 10.2. The van der Waals surface area contributed by atoms with Crippen LogP contribution < -0.4 is 5.32 Å². The number of para-hydroxylation sites is 1. The predicted molar refractivity (Wildman–Crippen MR) is 64.5 cm³/mol. The van der Waals surface area contributed by atoms with Crippen LogP contribution in [-0.2, 0) is 4.74 Å². The number of nitrogens with one attached hydrogen (secondary N) is 1. The molecule has 2 rings (SSSR count). The van der Waals surface area contributed by atoms with E-state index in [1.165, 1.54) is 6.07 Å². The highest BCUT2D eigenvalue weighted by Crippen LogP contribution is 2.25. The van der Waals surface area contributed by atoms with Gasteiger partial charge in [0.2, 0.25) is 0 Å². The first-order valence-electron chi connectivity index (χ1n) is 5.69. The summed E-state index contributed by atoms with van der Waals surface area (Å²) in [5.74, 6) is 0.362. The lowest BCUT2D eigenvalue weighted by Crippen LogP contribution is -2.21. The van der Waals surface area contributed by atoms with Gasteiger partial charge in [-0.05, 0) is 26.1 Å². The Morgan fingerprint density at radius 3 is 2.94 bits per heavy atom. The molecule has 0 radical (unpaired) electrons. The maximum atomic E-state index is 13.5. The van der Waals surface area contributed by atoms with Crippen molar-refractivity contribution in [2.75, 3.05) is 20.3 Å². The molecule has 1 heterocycles. The number of likely N-dealkylation sites (N-methyl/N-ethyl adjacent to an activating group) is 1. The van der Waals surface area contributed by atoms with Gasteiger partial charge in [0.1, 0.15) is 5.76 Å². The van der Waals surface area contributed by atoms with Crippen LogP contribution in [-0.4, -0.2) is 20.3 Å². The van der Waals surface area contributed by atoms with Crippen molar-refractivity contribution in [1.29, 1.82) is 0 Å². The van der Waals surface area contributed by atoms with Gasteiger partial charge in [-0.3, -0.25) is 0 Å². The third-order valence-corrected chi connectivity index (χ3v) is 2.70. The molecule has 0 spiro atoms. The maximum Gasteiger partial charge on any atom is 0.169 e. The first-order valence-corrected chi connectivity index (χ1v) is 5.69. The lowest BCUT2D eigenvalue weighted by Gasteiger charge is -2.12. The summed E-state index contributed by atoms with van der Waals surface area (Å²) in [6, 6.07) is 6.69. The minimum Gasteiger partial charge on any atom is -0.456 e. The zero-order chi connectivity index (χ0) is 12.3. The molecular weight excluding hydrogens is 221 g/mol. The van der Waals surface area contributed by atoms with Gasteiger partial charge in [-0.15, -0.1) is 0 Å². The SMILES string of the molecule is CCOCC(NC)c1cc2cccc(F)c2o1. The Bertz CT molecular complexity index is 495. The number of furan rings is 1. The average molecular weight is 237 g/mol. The van der Waals surface area contributed by atoms with Gasteiger partial charge in [0.05, 0.1) is 12.6 Å². The highest BCUT2D eigenvalue weighted by molar-refractivity contribution is 5.78. The Hall–Kier alpha value is -1.39. The van der Waals surface area contributed by atoms with Crippen molar-refractivity contribution in [3.8, 4) is 0 Å². The molecule has 0 aliphatic heterocycles. The Kier molecular flexibility index (Phi) is 3.76. The van der Waals surface area contributed by atoms with Crippen LogP contribution in [0.3, 0.4) is 0 Å². The van der Waals surface area contributed by atoms with Crippen LogP contribution in [0.5, 0.6) is 0 Å². The number of hydrogen-bond acceptors (Lipinski definition) is 3. The van der Waals surface area contributed by atoms with Crippen LogP contribution in [0.4, 0.5) is 4.39 Å². The van der Waals surface area contributed by atoms with Gasteiger partial charge >= 0.3 is 0 Å². The Morgan fingerprint density at radius 1 is 1.47 bits per heavy atom. The second kappa shape index (κ2) is 5.29. The molecule has 0 aliphatic rings. The highest BCUT2D eigenvalue weighted by Gasteiger charge is 2.16. The molecule has 3 nitrogen and oxygen atoms in total. The fourth-order valence-electron chi connectivity index (χ4n) is 1.76. The van der Waals surface area contributed by atoms with E-state index in [4.69, 9.17) is 9.15 Å². The molecule has 92 valence electrons. The highest BCUT2D eigenvalue weighted by atomic mass is 19.1. The first kappa shape index (κ1) is 12.1. The molecular formula is C13H16FNO2. The smallest absolute Gasteiger partial charge is 0.169 e. The molecule has 1 aromatic heterocycles. The maximum absolute atomic E-state index is 13.5. The second-order valence-corrected chi connectivity index (χ2v) is 3.81. The van der Waals surface area contributed by atoms with Crippen LogP contribution in [0.1, 0.15) is 18.7 Å². The zero-order valence-corrected chi connectivity index (χ0v) is 10.00. The number of halogens is 1. The number of rotatable bonds is 5. The van der Waals surface area contributed by atoms with Gasteiger partial charge in [0.15, 0.2) is 11.4 Å². The van der Waals surface area contributed by atoms with Gasteiger partial charge in [-0.2, -0.15) is 0 Å². The fourth-order valence-corrected chi connectivity index (χ4v) is 1.76. The van der Waals surface area contributed by atoms with Crippen LogP contribution in [0, 0.1) is 5.82 Å². The molecule has 4 heteroatoms. The number of ether oxygens (including phenoxy) is 1. The van der Waals surface area contributed by atoms with E-state index in [-0.39, 0.29) is 11.9 Å². The topological polar surface area (TPSA) is 34.4 Å². The van der Waals surface area contributed by atoms with E-state index >= 15 is 0 Å². The van der Waals surface area contributed by atoms with E-state index in [2.05, 4.69) is 5.32 Å². The van der Waals surface area contributed by atoms with Crippen molar-refractivity contribution in [2.24, 2.45) is 0 Å². The van der Waals surface area contributed by atoms with Crippen molar-refractivity contribution < 1.29 is 13.5 Å². The summed E-state index contributed by atoms with van der Waals surface area (Å²) >= 11 is 0. The number of hydrogen-bond donors (Lipinski definition) is 1. The quantitative estimate of drug-likeness (QED) is 0.868. The van der Waals surface area contributed by atoms with Gasteiger partial charge in [-0.25, -0.2) is 4.39 Å². The lowest BCUT2D eigenvalue weighted by molar-refractivity contribution is 0.119. The Balaban J connectivity index is 2.31. The van der Waals surface area contributed by atoms with Gasteiger partial charge < -0.3 is 14.5 Å². The molecule has 1 unspecified atom stereocenters. The standard InChI is InChI=1S/C13H16FNO2/c1-3-16-8-11(15-2)12-7-9-5-4-6-10(14)13(9)17-12/h4-7,11,15H,3,8H2,1-2H3. The van der Waals surface area contributed by atoms with Crippen molar-refractivity contribution in [3.63, 3.8) is 0 Å². The summed E-state index contributed by atoms with van der Waals surface area (Å²) in [6.45, 7) is 3.09. The van der Waals surface area contributed by atoms with E-state index in [1.807, 2.05) is 26.1 Å². The van der Waals surface area contributed by atoms with Crippen LogP contribution in [0.2, 0.25) is 0 Å². The van der Waals surface area contributed by atoms with Crippen molar-refractivity contribution >= 4 is 11.0 Å². The van der Waals surface area contributed by atoms with Crippen LogP contribution in [0.25, 0.3) is 11.0 Å². The molecule has 0 bridgehead atoms. The first-order chi connectivity index (χ1) is 8.26. The molecule has 1 N–H and O–H groups in total. The van der Waals surface area contributed by atoms with Crippen molar-refractivity contribution in [3.05, 3.63) is 35.8 Å². The molecule has 1 aromatic carbocycles. The monoisotopic (exact) mass is 237 g/mol. The summed E-state index contributed by atoms with van der Waals surface area (Å²) in [4.78, 5) is 0. The Labute approximate surface area is 99.6 Å². The molecule has 0 saturated carbocycles. The third kappa shape index (κ3) is 2.48. The zero-order valence-electron chi connectivity index (χ0n) is 10.00. The van der Waals surface area contributed by atoms with E-state index in [1.54, 1.807) is 6.07 Å². The molecule has 1 atom stereocenters. The van der Waals surface area contributed by atoms with Gasteiger partial charge in [0.25, 0.3) is 0 Å². The summed E-state index contributed by atoms with van der Waals surface area (Å²) < 4.78 is 24.4. The van der Waals surface area contributed by atoms with E-state index in [0.717, 1.165) is 5.39 Å². The summed E-state index contributed by atoms with van der Waals surface area (Å²) in [6.07, 6.45) is 0. The Morgan fingerprint density at radius 2 is 2.29 bits per heavy atom. The summed E-state index contributed by atoms with van der Waals surface area (Å²) in [5.41, 5.74) is 0.305. The summed E-state index contributed by atoms with van der Waals surface area (Å²) in [5, 5.41) is 3.87. The normalized spacial score (nSPS) is 13.1. The second-order valence-electron chi connectivity index (χ2n) is 3.81. The van der Waals surface area contributed by atoms with Crippen LogP contribution >= 0.6 is 0 Å². The van der Waals surface area contributed by atoms with Crippen molar-refractivity contribution in [1.82, 2.24) is 5.32 Å². The van der Waals surface area contributed by atoms with Gasteiger partial charge in [-0.1, -0.05) is 12.1 Å².